The third-order valence-corrected chi connectivity index (χ3v) is 5.13. The van der Waals surface area contributed by atoms with E-state index in [9.17, 15) is 32.7 Å². The third kappa shape index (κ3) is 5.89. The third-order valence-electron chi connectivity index (χ3n) is 4.82. The number of benzene rings is 1. The second-order valence-electron chi connectivity index (χ2n) is 7.50. The van der Waals surface area contributed by atoms with Gasteiger partial charge in [0.25, 0.3) is 5.25 Å². The monoisotopic (exact) mass is 521 g/mol. The zero-order valence-corrected chi connectivity index (χ0v) is 19.2. The molecule has 190 valence electrons. The Morgan fingerprint density at radius 2 is 1.71 bits per heavy atom. The van der Waals surface area contributed by atoms with E-state index in [1.165, 1.54) is 0 Å². The fourth-order valence-electron chi connectivity index (χ4n) is 3.48. The van der Waals surface area contributed by atoms with Crippen LogP contribution in [0.5, 0.6) is 0 Å². The van der Waals surface area contributed by atoms with Crippen molar-refractivity contribution >= 4 is 29.5 Å². The van der Waals surface area contributed by atoms with Crippen LogP contribution in [0.3, 0.4) is 0 Å². The molecule has 2 heterocycles. The first-order valence-electron chi connectivity index (χ1n) is 9.93. The van der Waals surface area contributed by atoms with E-state index in [-0.39, 0.29) is 11.3 Å². The average Bonchev–Trinajstić information content (AvgIpc) is 3.22. The summed E-state index contributed by atoms with van der Waals surface area (Å²) in [5.41, 5.74) is -0.363. The van der Waals surface area contributed by atoms with Crippen LogP contribution >= 0.6 is 11.6 Å². The maximum atomic E-state index is 13.7. The smallest absolute Gasteiger partial charge is 0.303 e. The molecule has 0 radical (unpaired) electrons. The minimum atomic E-state index is -2.72. The molecule has 0 unspecified atom stereocenters. The quantitative estimate of drug-likeness (QED) is 0.258. The first-order valence-corrected chi connectivity index (χ1v) is 10.3. The van der Waals surface area contributed by atoms with Crippen molar-refractivity contribution in [2.24, 2.45) is 0 Å². The zero-order chi connectivity index (χ0) is 26.1. The van der Waals surface area contributed by atoms with Crippen molar-refractivity contribution in [1.29, 1.82) is 0 Å². The number of carbonyl (C=O) groups excluding carboxylic acids is 3. The van der Waals surface area contributed by atoms with Crippen LogP contribution in [0.2, 0.25) is 0 Å². The van der Waals surface area contributed by atoms with E-state index in [4.69, 9.17) is 30.5 Å². The first-order chi connectivity index (χ1) is 16.3. The standard InChI is InChI=1S/C20H19ClF3N3O8/c1-8(28)32-7-15-18(33-9(2)29)17(19(34-10(3)30)20(21,31)35-15)27-6-14(25-26-27)11-4-12(22)16(24)13(23)5-11/h4-6,15,17-19,31H,7H2,1-3H3/t15-,17+,18+,19-,20+/m1/s1. The molecular weight excluding hydrogens is 503 g/mol. The van der Waals surface area contributed by atoms with Crippen molar-refractivity contribution in [3.63, 3.8) is 0 Å². The summed E-state index contributed by atoms with van der Waals surface area (Å²) in [7, 11) is 0. The SMILES string of the molecule is CC(=O)OC[C@H]1O[C@](O)(Cl)[C@H](OC(C)=O)[C@@H](n2cc(-c3cc(F)c(F)c(F)c3)nn2)[C@H]1OC(C)=O. The summed E-state index contributed by atoms with van der Waals surface area (Å²) in [5, 5.41) is 15.6. The molecule has 1 aromatic carbocycles. The van der Waals surface area contributed by atoms with Gasteiger partial charge in [-0.3, -0.25) is 14.4 Å². The minimum Gasteiger partial charge on any atom is -0.463 e. The largest absolute Gasteiger partial charge is 0.463 e. The van der Waals surface area contributed by atoms with Crippen LogP contribution in [0.4, 0.5) is 13.2 Å². The molecule has 0 bridgehead atoms. The number of alkyl halides is 1. The normalized spacial score (nSPS) is 26.2. The van der Waals surface area contributed by atoms with Crippen LogP contribution in [0.1, 0.15) is 26.8 Å². The Balaban J connectivity index is 2.10. The predicted molar refractivity (Wildman–Crippen MR) is 108 cm³/mol. The Hall–Kier alpha value is -3.23. The van der Waals surface area contributed by atoms with Gasteiger partial charge in [-0.2, -0.15) is 0 Å². The lowest BCUT2D eigenvalue weighted by Gasteiger charge is -2.46. The number of carbonyl (C=O) groups is 3. The summed E-state index contributed by atoms with van der Waals surface area (Å²) in [6.45, 7) is 2.62. The topological polar surface area (TPSA) is 139 Å². The van der Waals surface area contributed by atoms with Gasteiger partial charge in [0.15, 0.2) is 29.7 Å². The summed E-state index contributed by atoms with van der Waals surface area (Å²) in [6, 6.07) is -0.0905. The van der Waals surface area contributed by atoms with Gasteiger partial charge < -0.3 is 24.1 Å². The lowest BCUT2D eigenvalue weighted by Crippen LogP contribution is -2.62. The Morgan fingerprint density at radius 3 is 2.26 bits per heavy atom. The summed E-state index contributed by atoms with van der Waals surface area (Å²) < 4.78 is 62.4. The second-order valence-corrected chi connectivity index (χ2v) is 8.04. The second kappa shape index (κ2) is 10.2. The van der Waals surface area contributed by atoms with Gasteiger partial charge in [-0.1, -0.05) is 16.8 Å². The van der Waals surface area contributed by atoms with Crippen LogP contribution in [0.25, 0.3) is 11.3 Å². The number of hydrogen-bond acceptors (Lipinski definition) is 10. The molecule has 1 aliphatic rings. The summed E-state index contributed by atoms with van der Waals surface area (Å²) >= 11 is 6.09. The van der Waals surface area contributed by atoms with Gasteiger partial charge in [0.05, 0.1) is 6.20 Å². The number of nitrogens with zero attached hydrogens (tertiary/aromatic N) is 3. The van der Waals surface area contributed by atoms with Crippen LogP contribution in [0, 0.1) is 17.5 Å². The molecule has 3 rings (SSSR count). The molecule has 1 aromatic heterocycles. The Kier molecular flexibility index (Phi) is 7.67. The molecule has 0 aliphatic carbocycles. The molecule has 0 saturated carbocycles. The highest BCUT2D eigenvalue weighted by Crippen LogP contribution is 2.41. The first kappa shape index (κ1) is 26.4. The van der Waals surface area contributed by atoms with E-state index in [1.54, 1.807) is 0 Å². The van der Waals surface area contributed by atoms with Crippen molar-refractivity contribution in [1.82, 2.24) is 15.0 Å². The van der Waals surface area contributed by atoms with Gasteiger partial charge in [-0.15, -0.1) is 5.10 Å². The minimum absolute atomic E-state index is 0.160. The van der Waals surface area contributed by atoms with Crippen molar-refractivity contribution in [2.45, 2.75) is 50.4 Å². The van der Waals surface area contributed by atoms with Gasteiger partial charge in [0.1, 0.15) is 24.4 Å². The molecule has 0 spiro atoms. The highest BCUT2D eigenvalue weighted by Gasteiger charge is 2.58. The van der Waals surface area contributed by atoms with Crippen molar-refractivity contribution in [2.75, 3.05) is 6.61 Å². The van der Waals surface area contributed by atoms with Crippen LogP contribution in [-0.4, -0.2) is 68.2 Å². The molecule has 1 saturated heterocycles. The maximum absolute atomic E-state index is 13.7. The molecule has 5 atom stereocenters. The molecular formula is C20H19ClF3N3O8. The Labute approximate surface area is 200 Å². The van der Waals surface area contributed by atoms with Crippen LogP contribution in [0.15, 0.2) is 18.3 Å². The molecule has 11 nitrogen and oxygen atoms in total. The highest BCUT2D eigenvalue weighted by atomic mass is 35.5. The molecule has 1 fully saturated rings. The predicted octanol–water partition coefficient (Wildman–Crippen LogP) is 1.61. The van der Waals surface area contributed by atoms with Gasteiger partial charge in [0.2, 0.25) is 0 Å². The number of esters is 3. The number of ether oxygens (including phenoxy) is 4. The molecule has 1 N–H and O–H groups in total. The fraction of sp³-hybridized carbons (Fsp3) is 0.450. The number of aliphatic hydroxyl groups is 1. The van der Waals surface area contributed by atoms with E-state index < -0.39 is 71.6 Å². The molecule has 1 aliphatic heterocycles. The van der Waals surface area contributed by atoms with Gasteiger partial charge in [-0.05, 0) is 12.1 Å². The van der Waals surface area contributed by atoms with Crippen LogP contribution in [-0.2, 0) is 33.3 Å². The zero-order valence-electron chi connectivity index (χ0n) is 18.4. The average molecular weight is 522 g/mol. The molecule has 2 aromatic rings. The van der Waals surface area contributed by atoms with Crippen LogP contribution < -0.4 is 0 Å². The number of rotatable bonds is 6. The van der Waals surface area contributed by atoms with Crippen molar-refractivity contribution in [3.05, 3.63) is 35.8 Å². The van der Waals surface area contributed by atoms with E-state index >= 15 is 0 Å². The number of halogens is 4. The molecule has 15 heteroatoms. The summed E-state index contributed by atoms with van der Waals surface area (Å²) in [4.78, 5) is 34.9. The number of aromatic nitrogens is 3. The Bertz CT molecular complexity index is 1120. The molecule has 35 heavy (non-hydrogen) atoms. The summed E-state index contributed by atoms with van der Waals surface area (Å²) in [5.74, 6) is -7.11. The highest BCUT2D eigenvalue weighted by molar-refractivity contribution is 6.22. The Morgan fingerprint density at radius 1 is 1.11 bits per heavy atom. The van der Waals surface area contributed by atoms with Crippen molar-refractivity contribution < 1.29 is 51.6 Å². The van der Waals surface area contributed by atoms with Gasteiger partial charge >= 0.3 is 17.9 Å². The van der Waals surface area contributed by atoms with E-state index in [0.717, 1.165) is 31.6 Å². The maximum Gasteiger partial charge on any atom is 0.303 e. The van der Waals surface area contributed by atoms with Crippen molar-refractivity contribution in [3.8, 4) is 11.3 Å². The van der Waals surface area contributed by atoms with E-state index in [2.05, 4.69) is 10.3 Å². The number of hydrogen-bond donors (Lipinski definition) is 1. The summed E-state index contributed by atoms with van der Waals surface area (Å²) in [6.07, 6.45) is -3.47. The van der Waals surface area contributed by atoms with Gasteiger partial charge in [-0.25, -0.2) is 17.9 Å². The van der Waals surface area contributed by atoms with E-state index in [1.807, 2.05) is 0 Å². The fourth-order valence-corrected chi connectivity index (χ4v) is 3.77. The lowest BCUT2D eigenvalue weighted by molar-refractivity contribution is -0.301. The lowest BCUT2D eigenvalue weighted by atomic mass is 9.95. The molecule has 0 amide bonds. The van der Waals surface area contributed by atoms with E-state index in [0.29, 0.717) is 12.1 Å². The van der Waals surface area contributed by atoms with Gasteiger partial charge in [0, 0.05) is 26.3 Å².